The Kier molecular flexibility index (Phi) is 6.28. The Bertz CT molecular complexity index is 1400. The Morgan fingerprint density at radius 3 is 2.21 bits per heavy atom. The summed E-state index contributed by atoms with van der Waals surface area (Å²) in [4.78, 5) is 23.2. The molecule has 1 heterocycles. The summed E-state index contributed by atoms with van der Waals surface area (Å²) in [5.41, 5.74) is -0.792. The van der Waals surface area contributed by atoms with Gasteiger partial charge in [0.25, 0.3) is 26.1 Å². The zero-order chi connectivity index (χ0) is 24.6. The molecule has 1 aliphatic rings. The van der Waals surface area contributed by atoms with Gasteiger partial charge in [-0.15, -0.1) is 0 Å². The molecule has 0 radical (unpaired) electrons. The van der Waals surface area contributed by atoms with Gasteiger partial charge >= 0.3 is 5.97 Å². The molecule has 14 nitrogen and oxygen atoms in total. The van der Waals surface area contributed by atoms with E-state index in [1.165, 1.54) is 19.2 Å². The predicted octanol–water partition coefficient (Wildman–Crippen LogP) is 1.16. The van der Waals surface area contributed by atoms with Gasteiger partial charge in [-0.1, -0.05) is 0 Å². The summed E-state index contributed by atoms with van der Waals surface area (Å²) in [6.07, 6.45) is 0. The van der Waals surface area contributed by atoms with E-state index in [1.54, 1.807) is 0 Å². The lowest BCUT2D eigenvalue weighted by Gasteiger charge is -2.12. The van der Waals surface area contributed by atoms with Crippen molar-refractivity contribution in [2.24, 2.45) is 15.3 Å². The van der Waals surface area contributed by atoms with Crippen LogP contribution in [0.1, 0.15) is 0 Å². The van der Waals surface area contributed by atoms with Crippen LogP contribution < -0.4 is 10.3 Å². The highest BCUT2D eigenvalue weighted by Gasteiger charge is 2.41. The normalized spacial score (nSPS) is 16.8. The molecule has 1 aliphatic heterocycles. The van der Waals surface area contributed by atoms with Crippen LogP contribution in [0.4, 0.5) is 17.1 Å². The van der Waals surface area contributed by atoms with E-state index >= 15 is 0 Å². The average Bonchev–Trinajstić information content (AvgIpc) is 3.07. The Hall–Kier alpha value is -3.73. The largest absolute Gasteiger partial charge is 0.477 e. The summed E-state index contributed by atoms with van der Waals surface area (Å²) in [5.74, 6) is -2.58. The van der Waals surface area contributed by atoms with E-state index < -0.39 is 53.7 Å². The van der Waals surface area contributed by atoms with Gasteiger partial charge in [0.05, 0.1) is 10.6 Å². The molecule has 2 aromatic rings. The van der Waals surface area contributed by atoms with E-state index in [4.69, 9.17) is 4.55 Å². The maximum Gasteiger partial charge on any atom is 0.355 e. The highest BCUT2D eigenvalue weighted by molar-refractivity contribution is 7.86. The summed E-state index contributed by atoms with van der Waals surface area (Å²) in [6.45, 7) is 0. The third-order valence-corrected chi connectivity index (χ3v) is 6.07. The molecule has 0 bridgehead atoms. The van der Waals surface area contributed by atoms with Crippen molar-refractivity contribution in [3.05, 3.63) is 42.5 Å². The number of carboxylic acid groups (broad SMARTS) is 1. The fraction of sp³-hybridized carbons (Fsp3) is 0.118. The molecule has 1 unspecified atom stereocenters. The minimum absolute atomic E-state index is 0.0270. The zero-order valence-corrected chi connectivity index (χ0v) is 18.1. The van der Waals surface area contributed by atoms with Crippen LogP contribution >= 0.6 is 0 Å². The number of carbonyl (C=O) groups is 2. The number of carbonyl (C=O) groups excluding carboxylic acids is 1. The summed E-state index contributed by atoms with van der Waals surface area (Å²) < 4.78 is 64.1. The van der Waals surface area contributed by atoms with Crippen molar-refractivity contribution < 1.29 is 40.6 Å². The van der Waals surface area contributed by atoms with Crippen LogP contribution in [0.25, 0.3) is 0 Å². The maximum absolute atomic E-state index is 12.8. The number of amides is 1. The lowest BCUT2D eigenvalue weighted by Crippen LogP contribution is -2.33. The summed E-state index contributed by atoms with van der Waals surface area (Å²) in [5, 5.41) is 23.7. The second-order valence-corrected chi connectivity index (χ2v) is 9.25. The molecule has 0 saturated heterocycles. The van der Waals surface area contributed by atoms with E-state index in [-0.39, 0.29) is 11.4 Å². The third kappa shape index (κ3) is 5.03. The molecule has 4 N–H and O–H groups in total. The minimum Gasteiger partial charge on any atom is -0.477 e. The molecule has 3 rings (SSSR count). The van der Waals surface area contributed by atoms with Crippen LogP contribution in [0, 0.1) is 0 Å². The minimum atomic E-state index is -4.73. The fourth-order valence-corrected chi connectivity index (χ4v) is 3.86. The quantitative estimate of drug-likeness (QED) is 0.316. The van der Waals surface area contributed by atoms with Gasteiger partial charge in [-0.05, 0) is 42.5 Å². The lowest BCUT2D eigenvalue weighted by molar-refractivity contribution is -0.130. The number of nitrogens with one attached hydrogen (secondary N) is 1. The number of hydrogen-bond acceptors (Lipinski definition) is 10. The first kappa shape index (κ1) is 23.9. The Morgan fingerprint density at radius 1 is 1.06 bits per heavy atom. The standard InChI is InChI=1S/C17H15N5O9S2/c1-18-9-2-7-12(13(8-9)33(29,30)31)19-20-14-15(17(24)25)21-22(16(14)23)10-3-5-11(6-4-10)32(26,27)28/h2-8,14,18H,1H3,(H,24,25)(H,26,27,28)(H,29,30,31). The van der Waals surface area contributed by atoms with Crippen LogP contribution in [0.5, 0.6) is 0 Å². The number of nitrogens with zero attached hydrogens (tertiary/aromatic N) is 4. The van der Waals surface area contributed by atoms with Crippen molar-refractivity contribution in [3.8, 4) is 0 Å². The van der Waals surface area contributed by atoms with Gasteiger partial charge in [0.1, 0.15) is 10.6 Å². The van der Waals surface area contributed by atoms with Crippen LogP contribution in [0.15, 0.2) is 67.6 Å². The molecule has 33 heavy (non-hydrogen) atoms. The van der Waals surface area contributed by atoms with Gasteiger partial charge in [-0.2, -0.15) is 37.2 Å². The van der Waals surface area contributed by atoms with Crippen molar-refractivity contribution in [3.63, 3.8) is 0 Å². The van der Waals surface area contributed by atoms with Gasteiger partial charge in [0.15, 0.2) is 5.71 Å². The second-order valence-electron chi connectivity index (χ2n) is 6.43. The first-order chi connectivity index (χ1) is 15.3. The molecular formula is C17H15N5O9S2. The number of carboxylic acids is 1. The van der Waals surface area contributed by atoms with Crippen LogP contribution in [0.2, 0.25) is 0 Å². The van der Waals surface area contributed by atoms with Crippen molar-refractivity contribution in [1.29, 1.82) is 0 Å². The van der Waals surface area contributed by atoms with Crippen molar-refractivity contribution in [1.82, 2.24) is 0 Å². The Labute approximate surface area is 186 Å². The molecule has 0 aromatic heterocycles. The number of anilines is 2. The van der Waals surface area contributed by atoms with Crippen molar-refractivity contribution in [2.45, 2.75) is 15.8 Å². The van der Waals surface area contributed by atoms with E-state index in [2.05, 4.69) is 20.6 Å². The molecule has 16 heteroatoms. The fourth-order valence-electron chi connectivity index (χ4n) is 2.73. The molecule has 1 amide bonds. The number of hydrogen-bond donors (Lipinski definition) is 4. The molecule has 0 saturated carbocycles. The SMILES string of the molecule is CNc1ccc(N=NC2C(=O)N(c3ccc(S(=O)(=O)O)cc3)N=C2C(=O)O)c(S(=O)(=O)O)c1. The van der Waals surface area contributed by atoms with E-state index in [1.807, 2.05) is 0 Å². The monoisotopic (exact) mass is 497 g/mol. The van der Waals surface area contributed by atoms with E-state index in [0.29, 0.717) is 10.7 Å². The molecule has 0 spiro atoms. The first-order valence-corrected chi connectivity index (χ1v) is 11.6. The Balaban J connectivity index is 1.98. The average molecular weight is 497 g/mol. The smallest absolute Gasteiger partial charge is 0.355 e. The summed E-state index contributed by atoms with van der Waals surface area (Å²) in [6, 6.07) is 6.06. The van der Waals surface area contributed by atoms with Gasteiger partial charge < -0.3 is 10.4 Å². The number of benzene rings is 2. The van der Waals surface area contributed by atoms with Gasteiger partial charge in [0.2, 0.25) is 6.04 Å². The number of rotatable bonds is 7. The summed E-state index contributed by atoms with van der Waals surface area (Å²) >= 11 is 0. The van der Waals surface area contributed by atoms with E-state index in [9.17, 15) is 36.1 Å². The first-order valence-electron chi connectivity index (χ1n) is 8.76. The second kappa shape index (κ2) is 8.66. The molecule has 174 valence electrons. The maximum atomic E-state index is 12.8. The third-order valence-electron chi connectivity index (χ3n) is 4.32. The van der Waals surface area contributed by atoms with Crippen molar-refractivity contribution in [2.75, 3.05) is 17.4 Å². The highest BCUT2D eigenvalue weighted by atomic mass is 32.2. The van der Waals surface area contributed by atoms with Gasteiger partial charge in [-0.3, -0.25) is 13.9 Å². The van der Waals surface area contributed by atoms with Gasteiger partial charge in [-0.25, -0.2) is 4.79 Å². The number of hydrazone groups is 1. The number of aliphatic carboxylic acids is 1. The van der Waals surface area contributed by atoms with Crippen LogP contribution in [-0.2, 0) is 29.8 Å². The van der Waals surface area contributed by atoms with Crippen LogP contribution in [0.3, 0.4) is 0 Å². The van der Waals surface area contributed by atoms with Gasteiger partial charge in [0, 0.05) is 12.7 Å². The topological polar surface area (TPSA) is 215 Å². The predicted molar refractivity (Wildman–Crippen MR) is 113 cm³/mol. The molecule has 0 aliphatic carbocycles. The van der Waals surface area contributed by atoms with Crippen molar-refractivity contribution >= 4 is 54.9 Å². The van der Waals surface area contributed by atoms with E-state index in [0.717, 1.165) is 30.3 Å². The zero-order valence-electron chi connectivity index (χ0n) is 16.5. The number of azo groups is 1. The molecule has 2 aromatic carbocycles. The molecular weight excluding hydrogens is 482 g/mol. The molecule has 0 fully saturated rings. The van der Waals surface area contributed by atoms with Crippen LogP contribution in [-0.4, -0.2) is 61.7 Å². The highest BCUT2D eigenvalue weighted by Crippen LogP contribution is 2.29. The summed E-state index contributed by atoms with van der Waals surface area (Å²) in [7, 11) is -7.72. The Morgan fingerprint density at radius 2 is 1.70 bits per heavy atom. The lowest BCUT2D eigenvalue weighted by atomic mass is 10.2. The molecule has 1 atom stereocenters.